The van der Waals surface area contributed by atoms with E-state index in [9.17, 15) is 18.3 Å². The second kappa shape index (κ2) is 4.99. The highest BCUT2D eigenvalue weighted by Crippen LogP contribution is 2.42. The van der Waals surface area contributed by atoms with Crippen LogP contribution in [0.1, 0.15) is 48.8 Å². The quantitative estimate of drug-likeness (QED) is 0.832. The first-order chi connectivity index (χ1) is 9.78. The Balaban J connectivity index is 1.92. The number of hydrogen-bond donors (Lipinski definition) is 2. The summed E-state index contributed by atoms with van der Waals surface area (Å²) in [6, 6.07) is 4.22. The molecule has 2 N–H and O–H groups in total. The highest BCUT2D eigenvalue weighted by molar-refractivity contribution is 5.37. The average Bonchev–Trinajstić information content (AvgIpc) is 2.36. The number of halogens is 3. The first-order valence-corrected chi connectivity index (χ1v) is 7.45. The summed E-state index contributed by atoms with van der Waals surface area (Å²) in [4.78, 5) is 0. The average molecular weight is 299 g/mol. The Morgan fingerprint density at radius 3 is 2.33 bits per heavy atom. The number of benzene rings is 1. The summed E-state index contributed by atoms with van der Waals surface area (Å²) in [5.41, 5.74) is -0.488. The molecule has 2 saturated heterocycles. The highest BCUT2D eigenvalue weighted by atomic mass is 19.4. The molecular weight excluding hydrogens is 279 g/mol. The fourth-order valence-corrected chi connectivity index (χ4v) is 3.91. The van der Waals surface area contributed by atoms with Crippen LogP contribution in [0.25, 0.3) is 0 Å². The van der Waals surface area contributed by atoms with Gasteiger partial charge in [0.2, 0.25) is 0 Å². The molecule has 5 heteroatoms. The van der Waals surface area contributed by atoms with Gasteiger partial charge in [0.15, 0.2) is 0 Å². The van der Waals surface area contributed by atoms with Crippen molar-refractivity contribution in [2.75, 3.05) is 0 Å². The predicted molar refractivity (Wildman–Crippen MR) is 73.9 cm³/mol. The van der Waals surface area contributed by atoms with E-state index in [0.29, 0.717) is 24.0 Å². The molecule has 2 aliphatic rings. The molecule has 2 atom stereocenters. The van der Waals surface area contributed by atoms with Gasteiger partial charge in [0, 0.05) is 12.1 Å². The van der Waals surface area contributed by atoms with Gasteiger partial charge in [-0.2, -0.15) is 13.2 Å². The van der Waals surface area contributed by atoms with Crippen LogP contribution in [0.5, 0.6) is 0 Å². The van der Waals surface area contributed by atoms with Crippen molar-refractivity contribution < 1.29 is 18.3 Å². The Labute approximate surface area is 122 Å². The van der Waals surface area contributed by atoms with E-state index in [0.717, 1.165) is 31.4 Å². The second-order valence-electron chi connectivity index (χ2n) is 6.46. The van der Waals surface area contributed by atoms with Crippen LogP contribution < -0.4 is 5.32 Å². The maximum Gasteiger partial charge on any atom is 0.416 e. The van der Waals surface area contributed by atoms with E-state index in [1.807, 2.05) is 0 Å². The minimum absolute atomic E-state index is 0.268. The fourth-order valence-electron chi connectivity index (χ4n) is 3.91. The maximum atomic E-state index is 12.8. The third kappa shape index (κ3) is 2.81. The van der Waals surface area contributed by atoms with E-state index in [1.54, 1.807) is 6.92 Å². The molecule has 0 amide bonds. The van der Waals surface area contributed by atoms with Crippen LogP contribution in [0.15, 0.2) is 18.2 Å². The van der Waals surface area contributed by atoms with Gasteiger partial charge in [0.05, 0.1) is 11.2 Å². The molecule has 2 bridgehead atoms. The van der Waals surface area contributed by atoms with E-state index in [1.165, 1.54) is 6.07 Å². The molecule has 2 aliphatic heterocycles. The standard InChI is InChI=1S/C16H20F3NO/c1-10-7-11(16(17,18)19)5-6-14(10)15(21)8-12-3-2-4-13(9-15)20-12/h5-7,12-13,20-21H,2-4,8-9H2,1H3. The molecule has 0 aliphatic carbocycles. The van der Waals surface area contributed by atoms with Gasteiger partial charge < -0.3 is 10.4 Å². The van der Waals surface area contributed by atoms with Gasteiger partial charge in [-0.1, -0.05) is 12.5 Å². The van der Waals surface area contributed by atoms with Crippen LogP contribution in [-0.4, -0.2) is 17.2 Å². The van der Waals surface area contributed by atoms with Crippen LogP contribution in [0.3, 0.4) is 0 Å². The number of aryl methyl sites for hydroxylation is 1. The topological polar surface area (TPSA) is 32.3 Å². The SMILES string of the molecule is Cc1cc(C(F)(F)F)ccc1C1(O)CC2CCCC(C1)N2. The van der Waals surface area contributed by atoms with Crippen molar-refractivity contribution in [3.05, 3.63) is 34.9 Å². The number of aliphatic hydroxyl groups is 1. The monoisotopic (exact) mass is 299 g/mol. The number of nitrogens with one attached hydrogen (secondary N) is 1. The van der Waals surface area contributed by atoms with Gasteiger partial charge in [-0.15, -0.1) is 0 Å². The third-order valence-electron chi connectivity index (χ3n) is 4.80. The Bertz CT molecular complexity index is 529. The van der Waals surface area contributed by atoms with E-state index < -0.39 is 17.3 Å². The molecule has 0 radical (unpaired) electrons. The molecule has 116 valence electrons. The molecular formula is C16H20F3NO. The predicted octanol–water partition coefficient (Wildman–Crippen LogP) is 3.51. The Morgan fingerprint density at radius 2 is 1.81 bits per heavy atom. The summed E-state index contributed by atoms with van der Waals surface area (Å²) in [7, 11) is 0. The van der Waals surface area contributed by atoms with E-state index in [2.05, 4.69) is 5.32 Å². The highest BCUT2D eigenvalue weighted by Gasteiger charge is 2.43. The second-order valence-corrected chi connectivity index (χ2v) is 6.46. The zero-order valence-corrected chi connectivity index (χ0v) is 12.0. The molecule has 0 spiro atoms. The van der Waals surface area contributed by atoms with Gasteiger partial charge >= 0.3 is 6.18 Å². The normalized spacial score (nSPS) is 33.0. The zero-order valence-electron chi connectivity index (χ0n) is 12.0. The molecule has 0 aromatic heterocycles. The fraction of sp³-hybridized carbons (Fsp3) is 0.625. The molecule has 2 heterocycles. The van der Waals surface area contributed by atoms with Crippen molar-refractivity contribution in [3.8, 4) is 0 Å². The smallest absolute Gasteiger partial charge is 0.385 e. The lowest BCUT2D eigenvalue weighted by Crippen LogP contribution is -2.54. The number of hydrogen-bond acceptors (Lipinski definition) is 2. The van der Waals surface area contributed by atoms with Crippen molar-refractivity contribution in [3.63, 3.8) is 0 Å². The van der Waals surface area contributed by atoms with E-state index in [-0.39, 0.29) is 12.1 Å². The molecule has 1 aromatic carbocycles. The lowest BCUT2D eigenvalue weighted by Gasteiger charge is -2.46. The van der Waals surface area contributed by atoms with E-state index >= 15 is 0 Å². The van der Waals surface area contributed by atoms with Crippen molar-refractivity contribution in [2.45, 2.75) is 62.9 Å². The summed E-state index contributed by atoms with van der Waals surface area (Å²) in [5, 5.41) is 14.5. The number of piperidine rings is 2. The minimum atomic E-state index is -4.34. The summed E-state index contributed by atoms with van der Waals surface area (Å²) in [6.45, 7) is 1.65. The number of alkyl halides is 3. The molecule has 3 rings (SSSR count). The maximum absolute atomic E-state index is 12.8. The van der Waals surface area contributed by atoms with Crippen molar-refractivity contribution in [1.29, 1.82) is 0 Å². The molecule has 21 heavy (non-hydrogen) atoms. The lowest BCUT2D eigenvalue weighted by molar-refractivity contribution is -0.137. The van der Waals surface area contributed by atoms with Crippen LogP contribution in [0.2, 0.25) is 0 Å². The summed E-state index contributed by atoms with van der Waals surface area (Å²) >= 11 is 0. The Hall–Kier alpha value is -1.07. The molecule has 1 aromatic rings. The van der Waals surface area contributed by atoms with Gasteiger partial charge in [0.1, 0.15) is 0 Å². The first-order valence-electron chi connectivity index (χ1n) is 7.45. The van der Waals surface area contributed by atoms with Gasteiger partial charge in [0.25, 0.3) is 0 Å². The molecule has 2 unspecified atom stereocenters. The minimum Gasteiger partial charge on any atom is -0.385 e. The third-order valence-corrected chi connectivity index (χ3v) is 4.80. The first kappa shape index (κ1) is 14.9. The van der Waals surface area contributed by atoms with Crippen LogP contribution in [-0.2, 0) is 11.8 Å². The van der Waals surface area contributed by atoms with Crippen molar-refractivity contribution in [2.24, 2.45) is 0 Å². The van der Waals surface area contributed by atoms with Crippen LogP contribution in [0.4, 0.5) is 13.2 Å². The van der Waals surface area contributed by atoms with E-state index in [4.69, 9.17) is 0 Å². The summed E-state index contributed by atoms with van der Waals surface area (Å²) in [5.74, 6) is 0. The van der Waals surface area contributed by atoms with Gasteiger partial charge in [-0.3, -0.25) is 0 Å². The van der Waals surface area contributed by atoms with Crippen LogP contribution >= 0.6 is 0 Å². The van der Waals surface area contributed by atoms with Gasteiger partial charge in [-0.05, 0) is 55.9 Å². The lowest BCUT2D eigenvalue weighted by atomic mass is 9.73. The Morgan fingerprint density at radius 1 is 1.19 bits per heavy atom. The summed E-state index contributed by atoms with van der Waals surface area (Å²) < 4.78 is 38.3. The molecule has 2 fully saturated rings. The van der Waals surface area contributed by atoms with Crippen LogP contribution in [0, 0.1) is 6.92 Å². The summed E-state index contributed by atoms with van der Waals surface area (Å²) in [6.07, 6.45) is 0.0311. The zero-order chi connectivity index (χ0) is 15.3. The number of fused-ring (bicyclic) bond motifs is 2. The number of rotatable bonds is 1. The molecule has 2 nitrogen and oxygen atoms in total. The van der Waals surface area contributed by atoms with Crippen molar-refractivity contribution in [1.82, 2.24) is 5.32 Å². The van der Waals surface area contributed by atoms with Gasteiger partial charge in [-0.25, -0.2) is 0 Å². The molecule has 0 saturated carbocycles. The largest absolute Gasteiger partial charge is 0.416 e. The van der Waals surface area contributed by atoms with Crippen molar-refractivity contribution >= 4 is 0 Å². The Kier molecular flexibility index (Phi) is 3.53.